The molecule has 1 aliphatic heterocycles. The third-order valence-electron chi connectivity index (χ3n) is 4.96. The molecule has 0 aliphatic carbocycles. The fraction of sp³-hybridized carbons (Fsp3) is 0.300. The zero-order valence-corrected chi connectivity index (χ0v) is 16.2. The topological polar surface area (TPSA) is 113 Å². The number of benzene rings is 1. The van der Waals surface area contributed by atoms with Gasteiger partial charge in [-0.3, -0.25) is 9.69 Å². The molecule has 0 atom stereocenters. The number of phenolic OH excluding ortho intramolecular Hbond substituents is 1. The number of H-pyrrole nitrogens is 1. The molecule has 2 aromatic heterocycles. The zero-order chi connectivity index (χ0) is 20.4. The van der Waals surface area contributed by atoms with Gasteiger partial charge in [-0.2, -0.15) is 0 Å². The fourth-order valence-corrected chi connectivity index (χ4v) is 3.54. The highest BCUT2D eigenvalue weighted by molar-refractivity contribution is 5.52. The first-order valence-electron chi connectivity index (χ1n) is 9.12. The molecule has 0 fully saturated rings. The van der Waals surface area contributed by atoms with Crippen molar-refractivity contribution in [1.82, 2.24) is 24.8 Å². The van der Waals surface area contributed by atoms with Crippen LogP contribution in [0.2, 0.25) is 0 Å². The number of aromatic nitrogens is 4. The van der Waals surface area contributed by atoms with Gasteiger partial charge in [-0.1, -0.05) is 0 Å². The summed E-state index contributed by atoms with van der Waals surface area (Å²) in [6, 6.07) is 3.12. The van der Waals surface area contributed by atoms with E-state index in [0.29, 0.717) is 54.5 Å². The van der Waals surface area contributed by atoms with Crippen molar-refractivity contribution < 1.29 is 14.6 Å². The van der Waals surface area contributed by atoms with Gasteiger partial charge in [0.25, 0.3) is 5.56 Å². The summed E-state index contributed by atoms with van der Waals surface area (Å²) in [5, 5.41) is 9.85. The van der Waals surface area contributed by atoms with Gasteiger partial charge in [0.2, 0.25) is 0 Å². The molecule has 1 aromatic carbocycles. The molecule has 0 spiro atoms. The summed E-state index contributed by atoms with van der Waals surface area (Å²) < 4.78 is 10.8. The van der Waals surface area contributed by atoms with E-state index >= 15 is 0 Å². The van der Waals surface area contributed by atoms with E-state index in [1.807, 2.05) is 0 Å². The Kier molecular flexibility index (Phi) is 5.13. The van der Waals surface area contributed by atoms with E-state index in [-0.39, 0.29) is 11.3 Å². The number of methoxy groups -OCH3 is 2. The highest BCUT2D eigenvalue weighted by Gasteiger charge is 2.24. The van der Waals surface area contributed by atoms with Crippen molar-refractivity contribution in [2.75, 3.05) is 20.8 Å². The Morgan fingerprint density at radius 2 is 1.86 bits per heavy atom. The van der Waals surface area contributed by atoms with Crippen LogP contribution >= 0.6 is 0 Å². The Morgan fingerprint density at radius 3 is 2.52 bits per heavy atom. The first-order valence-corrected chi connectivity index (χ1v) is 9.12. The van der Waals surface area contributed by atoms with Crippen molar-refractivity contribution in [2.45, 2.75) is 19.5 Å². The molecule has 4 rings (SSSR count). The number of aromatic amines is 1. The van der Waals surface area contributed by atoms with Gasteiger partial charge >= 0.3 is 0 Å². The number of nitrogens with zero attached hydrogens (tertiary/aromatic N) is 4. The Balaban J connectivity index is 1.64. The second kappa shape index (κ2) is 7.88. The van der Waals surface area contributed by atoms with Crippen LogP contribution in [0, 0.1) is 0 Å². The van der Waals surface area contributed by atoms with E-state index in [0.717, 1.165) is 11.3 Å². The minimum atomic E-state index is -0.131. The van der Waals surface area contributed by atoms with Crippen LogP contribution in [0.5, 0.6) is 17.2 Å². The molecule has 0 bridgehead atoms. The third-order valence-corrected chi connectivity index (χ3v) is 4.96. The lowest BCUT2D eigenvalue weighted by molar-refractivity contribution is 0.232. The van der Waals surface area contributed by atoms with E-state index in [1.54, 1.807) is 38.7 Å². The SMILES string of the molecule is COc1cc(O)cc(OC)c1CN1CCc2c(nc(-c3cncnc3)[nH]c2=O)C1. The van der Waals surface area contributed by atoms with E-state index in [2.05, 4.69) is 24.8 Å². The molecule has 3 heterocycles. The molecule has 0 radical (unpaired) electrons. The lowest BCUT2D eigenvalue weighted by atomic mass is 10.0. The average molecular weight is 395 g/mol. The molecule has 29 heavy (non-hydrogen) atoms. The van der Waals surface area contributed by atoms with Crippen molar-refractivity contribution in [3.05, 3.63) is 58.0 Å². The number of phenols is 1. The normalized spacial score (nSPS) is 13.7. The van der Waals surface area contributed by atoms with Gasteiger partial charge in [0, 0.05) is 49.7 Å². The van der Waals surface area contributed by atoms with E-state index in [1.165, 1.54) is 6.33 Å². The third kappa shape index (κ3) is 3.77. The van der Waals surface area contributed by atoms with E-state index in [9.17, 15) is 9.90 Å². The highest BCUT2D eigenvalue weighted by atomic mass is 16.5. The lowest BCUT2D eigenvalue weighted by Crippen LogP contribution is -2.35. The molecule has 9 heteroatoms. The molecule has 0 amide bonds. The van der Waals surface area contributed by atoms with Crippen molar-refractivity contribution in [2.24, 2.45) is 0 Å². The number of fused-ring (bicyclic) bond motifs is 1. The van der Waals surface area contributed by atoms with Crippen molar-refractivity contribution in [3.8, 4) is 28.6 Å². The summed E-state index contributed by atoms with van der Waals surface area (Å²) in [5.74, 6) is 1.63. The molecule has 1 aliphatic rings. The first kappa shape index (κ1) is 18.9. The highest BCUT2D eigenvalue weighted by Crippen LogP contribution is 2.35. The molecule has 0 saturated carbocycles. The summed E-state index contributed by atoms with van der Waals surface area (Å²) in [5.41, 5.74) is 2.79. The minimum Gasteiger partial charge on any atom is -0.508 e. The number of ether oxygens (including phenoxy) is 2. The molecule has 0 saturated heterocycles. The molecular weight excluding hydrogens is 374 g/mol. The number of hydrogen-bond donors (Lipinski definition) is 2. The van der Waals surface area contributed by atoms with Gasteiger partial charge in [0.05, 0.1) is 31.0 Å². The standard InChI is InChI=1S/C20H21N5O4/c1-28-17-5-13(26)6-18(29-2)15(17)9-25-4-3-14-16(10-25)23-19(24-20(14)27)12-7-21-11-22-8-12/h5-8,11,26H,3-4,9-10H2,1-2H3,(H,23,24,27). The van der Waals surface area contributed by atoms with Crippen LogP contribution in [0.25, 0.3) is 11.4 Å². The van der Waals surface area contributed by atoms with Crippen LogP contribution in [-0.2, 0) is 19.5 Å². The van der Waals surface area contributed by atoms with E-state index in [4.69, 9.17) is 9.47 Å². The molecule has 2 N–H and O–H groups in total. The summed E-state index contributed by atoms with van der Waals surface area (Å²) >= 11 is 0. The largest absolute Gasteiger partial charge is 0.508 e. The molecule has 3 aromatic rings. The van der Waals surface area contributed by atoms with Gasteiger partial charge < -0.3 is 19.6 Å². The first-order chi connectivity index (χ1) is 14.1. The van der Waals surface area contributed by atoms with Crippen molar-refractivity contribution >= 4 is 0 Å². The van der Waals surface area contributed by atoms with E-state index < -0.39 is 0 Å². The predicted octanol–water partition coefficient (Wildman–Crippen LogP) is 1.51. The average Bonchev–Trinajstić information content (AvgIpc) is 2.75. The van der Waals surface area contributed by atoms with Crippen LogP contribution in [0.3, 0.4) is 0 Å². The zero-order valence-electron chi connectivity index (χ0n) is 16.2. The number of nitrogens with one attached hydrogen (secondary N) is 1. The maximum Gasteiger partial charge on any atom is 0.254 e. The molecule has 0 unspecified atom stereocenters. The van der Waals surface area contributed by atoms with Crippen LogP contribution in [-0.4, -0.2) is 50.7 Å². The van der Waals surface area contributed by atoms with Crippen LogP contribution < -0.4 is 15.0 Å². The Morgan fingerprint density at radius 1 is 1.17 bits per heavy atom. The summed E-state index contributed by atoms with van der Waals surface area (Å²) in [7, 11) is 3.11. The Bertz CT molecular complexity index is 1060. The molecule has 150 valence electrons. The van der Waals surface area contributed by atoms with Crippen molar-refractivity contribution in [1.29, 1.82) is 0 Å². The quantitative estimate of drug-likeness (QED) is 0.668. The maximum absolute atomic E-state index is 12.5. The second-order valence-corrected chi connectivity index (χ2v) is 6.76. The minimum absolute atomic E-state index is 0.0781. The second-order valence-electron chi connectivity index (χ2n) is 6.76. The lowest BCUT2D eigenvalue weighted by Gasteiger charge is -2.28. The van der Waals surface area contributed by atoms with Crippen LogP contribution in [0.15, 0.2) is 35.6 Å². The fourth-order valence-electron chi connectivity index (χ4n) is 3.54. The van der Waals surface area contributed by atoms with Gasteiger partial charge in [-0.05, 0) is 6.42 Å². The summed E-state index contributed by atoms with van der Waals surface area (Å²) in [6.45, 7) is 1.73. The number of aromatic hydroxyl groups is 1. The molecule has 9 nitrogen and oxygen atoms in total. The monoisotopic (exact) mass is 395 g/mol. The van der Waals surface area contributed by atoms with Crippen LogP contribution in [0.4, 0.5) is 0 Å². The van der Waals surface area contributed by atoms with Gasteiger partial charge in [0.15, 0.2) is 0 Å². The van der Waals surface area contributed by atoms with Crippen molar-refractivity contribution in [3.63, 3.8) is 0 Å². The molecular formula is C20H21N5O4. The van der Waals surface area contributed by atoms with Crippen LogP contribution in [0.1, 0.15) is 16.8 Å². The van der Waals surface area contributed by atoms with Gasteiger partial charge in [-0.25, -0.2) is 15.0 Å². The maximum atomic E-state index is 12.5. The Hall–Kier alpha value is -3.46. The smallest absolute Gasteiger partial charge is 0.254 e. The summed E-state index contributed by atoms with van der Waals surface area (Å²) in [4.78, 5) is 30.2. The van der Waals surface area contributed by atoms with Gasteiger partial charge in [0.1, 0.15) is 29.4 Å². The summed E-state index contributed by atoms with van der Waals surface area (Å²) in [6.07, 6.45) is 5.25. The van der Waals surface area contributed by atoms with Gasteiger partial charge in [-0.15, -0.1) is 0 Å². The predicted molar refractivity (Wildman–Crippen MR) is 105 cm³/mol. The number of rotatable bonds is 5. The Labute approximate surface area is 167 Å². The number of hydrogen-bond acceptors (Lipinski definition) is 8.